The highest BCUT2D eigenvalue weighted by molar-refractivity contribution is 6.05. The van der Waals surface area contributed by atoms with Gasteiger partial charge >= 0.3 is 6.18 Å². The second-order valence-electron chi connectivity index (χ2n) is 7.97. The van der Waals surface area contributed by atoms with Crippen LogP contribution in [0.15, 0.2) is 36.5 Å². The van der Waals surface area contributed by atoms with Crippen molar-refractivity contribution in [2.75, 3.05) is 26.0 Å². The Morgan fingerprint density at radius 3 is 2.61 bits per heavy atom. The van der Waals surface area contributed by atoms with Gasteiger partial charge in [-0.05, 0) is 24.1 Å². The smallest absolute Gasteiger partial charge is 0.433 e. The Balaban J connectivity index is 1.84. The van der Waals surface area contributed by atoms with Gasteiger partial charge < -0.3 is 15.0 Å². The molecule has 8 nitrogen and oxygen atoms in total. The van der Waals surface area contributed by atoms with E-state index >= 15 is 0 Å². The fraction of sp³-hybridized carbons (Fsp3) is 0.364. The van der Waals surface area contributed by atoms with E-state index in [1.54, 1.807) is 30.3 Å². The molecular weight excluding hydrogens is 439 g/mol. The Bertz CT molecular complexity index is 1170. The number of alkyl halides is 3. The Labute approximate surface area is 188 Å². The highest BCUT2D eigenvalue weighted by atomic mass is 19.4. The van der Waals surface area contributed by atoms with Gasteiger partial charge in [0.15, 0.2) is 0 Å². The number of rotatable bonds is 7. The lowest BCUT2D eigenvalue weighted by molar-refractivity contribution is -0.141. The van der Waals surface area contributed by atoms with Crippen molar-refractivity contribution < 1.29 is 27.5 Å². The average molecular weight is 463 g/mol. The lowest BCUT2D eigenvalue weighted by Gasteiger charge is -2.19. The topological polar surface area (TPSA) is 89.4 Å². The number of fused-ring (bicyclic) bond motifs is 1. The first-order valence-corrected chi connectivity index (χ1v) is 10.1. The molecule has 0 saturated carbocycles. The van der Waals surface area contributed by atoms with Crippen LogP contribution in [0.1, 0.15) is 30.0 Å². The lowest BCUT2D eigenvalue weighted by atomic mass is 10.2. The van der Waals surface area contributed by atoms with Gasteiger partial charge in [-0.1, -0.05) is 19.9 Å². The predicted molar refractivity (Wildman–Crippen MR) is 116 cm³/mol. The van der Waals surface area contributed by atoms with Gasteiger partial charge in [0.05, 0.1) is 18.3 Å². The molecule has 0 saturated heterocycles. The Kier molecular flexibility index (Phi) is 6.89. The zero-order valence-corrected chi connectivity index (χ0v) is 18.6. The molecule has 11 heteroatoms. The van der Waals surface area contributed by atoms with E-state index in [0.29, 0.717) is 23.4 Å². The van der Waals surface area contributed by atoms with Crippen molar-refractivity contribution in [1.82, 2.24) is 19.7 Å². The fourth-order valence-electron chi connectivity index (χ4n) is 3.27. The van der Waals surface area contributed by atoms with Crippen LogP contribution >= 0.6 is 0 Å². The van der Waals surface area contributed by atoms with E-state index in [4.69, 9.17) is 4.74 Å². The third-order valence-corrected chi connectivity index (χ3v) is 4.76. The van der Waals surface area contributed by atoms with Crippen LogP contribution in [0.4, 0.5) is 18.9 Å². The van der Waals surface area contributed by atoms with Gasteiger partial charge in [0.25, 0.3) is 5.91 Å². The Morgan fingerprint density at radius 1 is 1.24 bits per heavy atom. The number of carbonyl (C=O) groups is 2. The number of ether oxygens (including phenoxy) is 1. The molecule has 3 aromatic rings. The number of pyridine rings is 1. The standard InChI is InChI=1S/C22H24F3N5O3/c1-13(2)10-29(3)20(31)12-30-11-14-8-17(18(33-4)9-16(14)28-30)27-21(32)15-6-5-7-19(26-15)22(23,24)25/h5-9,11,13H,10,12H2,1-4H3,(H,27,32). The van der Waals surface area contributed by atoms with E-state index in [2.05, 4.69) is 15.4 Å². The highest BCUT2D eigenvalue weighted by Crippen LogP contribution is 2.31. The first-order valence-electron chi connectivity index (χ1n) is 10.1. The van der Waals surface area contributed by atoms with E-state index in [0.717, 1.165) is 12.1 Å². The molecule has 0 aliphatic heterocycles. The minimum Gasteiger partial charge on any atom is -0.494 e. The maximum Gasteiger partial charge on any atom is 0.433 e. The van der Waals surface area contributed by atoms with Crippen molar-refractivity contribution >= 4 is 28.4 Å². The summed E-state index contributed by atoms with van der Waals surface area (Å²) in [5, 5.41) is 7.52. The first kappa shape index (κ1) is 24.0. The van der Waals surface area contributed by atoms with Gasteiger partial charge in [-0.3, -0.25) is 14.3 Å². The molecule has 3 rings (SSSR count). The summed E-state index contributed by atoms with van der Waals surface area (Å²) < 4.78 is 45.5. The van der Waals surface area contributed by atoms with Gasteiger partial charge in [0, 0.05) is 31.2 Å². The summed E-state index contributed by atoms with van der Waals surface area (Å²) in [6.07, 6.45) is -3.02. The third-order valence-electron chi connectivity index (χ3n) is 4.76. The zero-order chi connectivity index (χ0) is 24.3. The van der Waals surface area contributed by atoms with Crippen LogP contribution in [0, 0.1) is 5.92 Å². The third kappa shape index (κ3) is 5.79. The van der Waals surface area contributed by atoms with E-state index in [1.807, 2.05) is 13.8 Å². The average Bonchev–Trinajstić information content (AvgIpc) is 3.13. The minimum atomic E-state index is -4.66. The van der Waals surface area contributed by atoms with Crippen LogP contribution in [-0.2, 0) is 17.5 Å². The number of nitrogens with zero attached hydrogens (tertiary/aromatic N) is 4. The SMILES string of the molecule is COc1cc2nn(CC(=O)N(C)CC(C)C)cc2cc1NC(=O)c1cccc(C(F)(F)F)n1. The number of likely N-dealkylation sites (N-methyl/N-ethyl adjacent to an activating group) is 1. The van der Waals surface area contributed by atoms with Crippen LogP contribution in [-0.4, -0.2) is 52.2 Å². The van der Waals surface area contributed by atoms with Crippen LogP contribution in [0.25, 0.3) is 10.9 Å². The molecule has 1 aromatic carbocycles. The summed E-state index contributed by atoms with van der Waals surface area (Å²) in [5.41, 5.74) is -0.786. The van der Waals surface area contributed by atoms with Crippen LogP contribution < -0.4 is 10.1 Å². The normalized spacial score (nSPS) is 11.6. The Morgan fingerprint density at radius 2 is 1.97 bits per heavy atom. The summed E-state index contributed by atoms with van der Waals surface area (Å²) in [7, 11) is 3.12. The summed E-state index contributed by atoms with van der Waals surface area (Å²) in [4.78, 5) is 30.0. The fourth-order valence-corrected chi connectivity index (χ4v) is 3.27. The molecule has 0 radical (unpaired) electrons. The van der Waals surface area contributed by atoms with Crippen molar-refractivity contribution in [2.45, 2.75) is 26.6 Å². The van der Waals surface area contributed by atoms with Crippen molar-refractivity contribution in [3.8, 4) is 5.75 Å². The number of carbonyl (C=O) groups excluding carboxylic acids is 2. The van der Waals surface area contributed by atoms with Crippen LogP contribution in [0.5, 0.6) is 5.75 Å². The van der Waals surface area contributed by atoms with Gasteiger partial charge in [-0.2, -0.15) is 18.3 Å². The van der Waals surface area contributed by atoms with Crippen LogP contribution in [0.2, 0.25) is 0 Å². The largest absolute Gasteiger partial charge is 0.494 e. The molecule has 0 aliphatic rings. The van der Waals surface area contributed by atoms with E-state index in [1.165, 1.54) is 17.9 Å². The van der Waals surface area contributed by atoms with E-state index in [-0.39, 0.29) is 29.6 Å². The van der Waals surface area contributed by atoms with Crippen LogP contribution in [0.3, 0.4) is 0 Å². The number of methoxy groups -OCH3 is 1. The molecule has 0 fully saturated rings. The summed E-state index contributed by atoms with van der Waals surface area (Å²) in [6, 6.07) is 6.24. The minimum absolute atomic E-state index is 0.0378. The van der Waals surface area contributed by atoms with Gasteiger partial charge in [-0.25, -0.2) is 4.98 Å². The quantitative estimate of drug-likeness (QED) is 0.575. The van der Waals surface area contributed by atoms with Crippen molar-refractivity contribution in [2.24, 2.45) is 5.92 Å². The number of benzene rings is 1. The van der Waals surface area contributed by atoms with Gasteiger partial charge in [0.1, 0.15) is 23.7 Å². The van der Waals surface area contributed by atoms with Crippen molar-refractivity contribution in [1.29, 1.82) is 0 Å². The second-order valence-corrected chi connectivity index (χ2v) is 7.97. The van der Waals surface area contributed by atoms with Crippen molar-refractivity contribution in [3.63, 3.8) is 0 Å². The molecule has 33 heavy (non-hydrogen) atoms. The maximum absolute atomic E-state index is 12.9. The summed E-state index contributed by atoms with van der Waals surface area (Å²) >= 11 is 0. The summed E-state index contributed by atoms with van der Waals surface area (Å²) in [6.45, 7) is 4.69. The molecule has 0 unspecified atom stereocenters. The van der Waals surface area contributed by atoms with Gasteiger partial charge in [0.2, 0.25) is 5.91 Å². The molecule has 2 aromatic heterocycles. The maximum atomic E-state index is 12.9. The molecule has 0 atom stereocenters. The molecule has 2 amide bonds. The molecule has 0 aliphatic carbocycles. The van der Waals surface area contributed by atoms with Crippen molar-refractivity contribution in [3.05, 3.63) is 47.9 Å². The zero-order valence-electron chi connectivity index (χ0n) is 18.6. The number of amides is 2. The number of aromatic nitrogens is 3. The van der Waals surface area contributed by atoms with Gasteiger partial charge in [-0.15, -0.1) is 0 Å². The molecule has 0 bridgehead atoms. The van der Waals surface area contributed by atoms with E-state index in [9.17, 15) is 22.8 Å². The number of anilines is 1. The van der Waals surface area contributed by atoms with E-state index < -0.39 is 17.8 Å². The number of hydrogen-bond donors (Lipinski definition) is 1. The lowest BCUT2D eigenvalue weighted by Crippen LogP contribution is -2.33. The molecule has 1 N–H and O–H groups in total. The number of halogens is 3. The second kappa shape index (κ2) is 9.47. The predicted octanol–water partition coefficient (Wildman–Crippen LogP) is 3.83. The highest BCUT2D eigenvalue weighted by Gasteiger charge is 2.33. The number of nitrogens with one attached hydrogen (secondary N) is 1. The monoisotopic (exact) mass is 463 g/mol. The molecule has 0 spiro atoms. The Hall–Kier alpha value is -3.63. The molecule has 176 valence electrons. The summed E-state index contributed by atoms with van der Waals surface area (Å²) in [5.74, 6) is -0.335. The molecular formula is C22H24F3N5O3. The number of hydrogen-bond acceptors (Lipinski definition) is 5. The first-order chi connectivity index (χ1) is 15.5. The molecule has 2 heterocycles.